The third-order valence-electron chi connectivity index (χ3n) is 4.48. The van der Waals surface area contributed by atoms with Crippen molar-refractivity contribution in [3.8, 4) is 11.4 Å². The Hall–Kier alpha value is -3.12. The van der Waals surface area contributed by atoms with E-state index in [1.54, 1.807) is 36.0 Å². The van der Waals surface area contributed by atoms with E-state index in [-0.39, 0.29) is 11.4 Å². The van der Waals surface area contributed by atoms with E-state index in [1.165, 1.54) is 21.7 Å². The molecule has 1 N–H and O–H groups in total. The standard InChI is InChI=1S/C22H18FN3OS/c1-28-18-12-6-15(7-13-18)14-24-26-21(16-8-10-17(23)11-9-16)25-20-5-3-2-4-19(20)22(26)27/h2-13,24H,14H2,1H3. The molecule has 0 bridgehead atoms. The fourth-order valence-corrected chi connectivity index (χ4v) is 3.39. The summed E-state index contributed by atoms with van der Waals surface area (Å²) in [6.07, 6.45) is 2.03. The number of thioether (sulfide) groups is 1. The molecule has 1 heterocycles. The van der Waals surface area contributed by atoms with Crippen LogP contribution in [-0.2, 0) is 6.54 Å². The molecule has 0 aliphatic heterocycles. The molecule has 0 saturated carbocycles. The summed E-state index contributed by atoms with van der Waals surface area (Å²) < 4.78 is 14.8. The van der Waals surface area contributed by atoms with Gasteiger partial charge in [0.1, 0.15) is 5.82 Å². The summed E-state index contributed by atoms with van der Waals surface area (Å²) in [4.78, 5) is 18.9. The topological polar surface area (TPSA) is 46.9 Å². The zero-order chi connectivity index (χ0) is 19.5. The third kappa shape index (κ3) is 3.64. The zero-order valence-electron chi connectivity index (χ0n) is 15.2. The van der Waals surface area contributed by atoms with E-state index in [0.29, 0.717) is 28.8 Å². The minimum atomic E-state index is -0.333. The highest BCUT2D eigenvalue weighted by Crippen LogP contribution is 2.19. The molecule has 4 nitrogen and oxygen atoms in total. The molecule has 140 valence electrons. The van der Waals surface area contributed by atoms with Crippen molar-refractivity contribution in [1.82, 2.24) is 9.66 Å². The predicted molar refractivity (Wildman–Crippen MR) is 113 cm³/mol. The lowest BCUT2D eigenvalue weighted by Gasteiger charge is -2.16. The van der Waals surface area contributed by atoms with Crippen LogP contribution in [0.15, 0.2) is 82.5 Å². The summed E-state index contributed by atoms with van der Waals surface area (Å²) in [5, 5.41) is 0.526. The first kappa shape index (κ1) is 18.3. The third-order valence-corrected chi connectivity index (χ3v) is 5.22. The molecule has 0 unspecified atom stereocenters. The van der Waals surface area contributed by atoms with Gasteiger partial charge >= 0.3 is 0 Å². The lowest BCUT2D eigenvalue weighted by atomic mass is 10.2. The van der Waals surface area contributed by atoms with Crippen molar-refractivity contribution in [1.29, 1.82) is 0 Å². The molecule has 6 heteroatoms. The Balaban J connectivity index is 1.77. The van der Waals surface area contributed by atoms with E-state index < -0.39 is 0 Å². The van der Waals surface area contributed by atoms with Gasteiger partial charge in [0.25, 0.3) is 5.56 Å². The number of para-hydroxylation sites is 1. The highest BCUT2D eigenvalue weighted by Gasteiger charge is 2.13. The quantitative estimate of drug-likeness (QED) is 0.502. The summed E-state index contributed by atoms with van der Waals surface area (Å²) in [6, 6.07) is 21.3. The van der Waals surface area contributed by atoms with Crippen molar-refractivity contribution in [2.75, 3.05) is 11.7 Å². The van der Waals surface area contributed by atoms with Crippen LogP contribution in [0.1, 0.15) is 5.56 Å². The first-order valence-electron chi connectivity index (χ1n) is 8.80. The van der Waals surface area contributed by atoms with E-state index in [1.807, 2.05) is 42.7 Å². The molecule has 0 spiro atoms. The van der Waals surface area contributed by atoms with Gasteiger partial charge in [-0.2, -0.15) is 0 Å². The normalized spacial score (nSPS) is 10.9. The van der Waals surface area contributed by atoms with Crippen LogP contribution < -0.4 is 11.0 Å². The molecule has 0 radical (unpaired) electrons. The molecule has 4 rings (SSSR count). The Morgan fingerprint density at radius 1 is 1.00 bits per heavy atom. The molecule has 0 aliphatic rings. The number of aromatic nitrogens is 2. The largest absolute Gasteiger partial charge is 0.317 e. The van der Waals surface area contributed by atoms with Crippen LogP contribution in [0.5, 0.6) is 0 Å². The van der Waals surface area contributed by atoms with E-state index >= 15 is 0 Å². The van der Waals surface area contributed by atoms with Crippen molar-refractivity contribution in [2.45, 2.75) is 11.4 Å². The summed E-state index contributed by atoms with van der Waals surface area (Å²) in [7, 11) is 0. The van der Waals surface area contributed by atoms with Crippen molar-refractivity contribution >= 4 is 22.7 Å². The number of nitrogens with one attached hydrogen (secondary N) is 1. The van der Waals surface area contributed by atoms with Crippen molar-refractivity contribution in [3.05, 3.63) is 94.5 Å². The monoisotopic (exact) mass is 391 g/mol. The summed E-state index contributed by atoms with van der Waals surface area (Å²) in [5.74, 6) is 0.115. The molecule has 4 aromatic rings. The van der Waals surface area contributed by atoms with Crippen molar-refractivity contribution < 1.29 is 4.39 Å². The molecule has 0 fully saturated rings. The van der Waals surface area contributed by atoms with E-state index in [0.717, 1.165) is 5.56 Å². The van der Waals surface area contributed by atoms with Gasteiger partial charge in [0.05, 0.1) is 17.4 Å². The summed E-state index contributed by atoms with van der Waals surface area (Å²) in [6.45, 7) is 0.461. The van der Waals surface area contributed by atoms with Crippen LogP contribution in [0.3, 0.4) is 0 Å². The summed E-state index contributed by atoms with van der Waals surface area (Å²) in [5.41, 5.74) is 5.30. The van der Waals surface area contributed by atoms with Crippen LogP contribution in [0.25, 0.3) is 22.3 Å². The van der Waals surface area contributed by atoms with Crippen molar-refractivity contribution in [3.63, 3.8) is 0 Å². The minimum absolute atomic E-state index is 0.189. The maximum absolute atomic E-state index is 13.4. The van der Waals surface area contributed by atoms with E-state index in [2.05, 4.69) is 10.4 Å². The van der Waals surface area contributed by atoms with E-state index in [4.69, 9.17) is 0 Å². The molecular formula is C22H18FN3OS. The fourth-order valence-electron chi connectivity index (χ4n) is 2.99. The highest BCUT2D eigenvalue weighted by molar-refractivity contribution is 7.98. The number of halogens is 1. The number of benzene rings is 3. The molecule has 3 aromatic carbocycles. The van der Waals surface area contributed by atoms with Crippen LogP contribution in [0.4, 0.5) is 4.39 Å². The second-order valence-electron chi connectivity index (χ2n) is 6.28. The van der Waals surface area contributed by atoms with Gasteiger partial charge in [-0.3, -0.25) is 4.79 Å². The van der Waals surface area contributed by atoms with E-state index in [9.17, 15) is 9.18 Å². The maximum Gasteiger partial charge on any atom is 0.280 e. The van der Waals surface area contributed by atoms with Gasteiger partial charge in [0.15, 0.2) is 5.82 Å². The van der Waals surface area contributed by atoms with Gasteiger partial charge in [-0.25, -0.2) is 14.1 Å². The van der Waals surface area contributed by atoms with Crippen LogP contribution in [0, 0.1) is 5.82 Å². The molecule has 0 saturated heterocycles. The zero-order valence-corrected chi connectivity index (χ0v) is 16.0. The van der Waals surface area contributed by atoms with Crippen LogP contribution in [-0.4, -0.2) is 15.9 Å². The van der Waals surface area contributed by atoms with Gasteiger partial charge in [-0.05, 0) is 60.4 Å². The number of hydrogen-bond acceptors (Lipinski definition) is 4. The molecule has 0 amide bonds. The highest BCUT2D eigenvalue weighted by atomic mass is 32.2. The van der Waals surface area contributed by atoms with Gasteiger partial charge in [0, 0.05) is 10.5 Å². The number of rotatable bonds is 5. The molecule has 28 heavy (non-hydrogen) atoms. The average Bonchev–Trinajstić information content (AvgIpc) is 2.74. The van der Waals surface area contributed by atoms with Gasteiger partial charge in [-0.1, -0.05) is 24.3 Å². The average molecular weight is 391 g/mol. The SMILES string of the molecule is CSc1ccc(CNn2c(-c3ccc(F)cc3)nc3ccccc3c2=O)cc1. The Kier molecular flexibility index (Phi) is 5.12. The second-order valence-corrected chi connectivity index (χ2v) is 7.16. The Bertz CT molecular complexity index is 1170. The number of nitrogens with zero attached hydrogens (tertiary/aromatic N) is 2. The lowest BCUT2D eigenvalue weighted by molar-refractivity contribution is 0.628. The molecule has 0 aliphatic carbocycles. The lowest BCUT2D eigenvalue weighted by Crippen LogP contribution is -2.31. The smallest absolute Gasteiger partial charge is 0.280 e. The fraction of sp³-hybridized carbons (Fsp3) is 0.0909. The summed E-state index contributed by atoms with van der Waals surface area (Å²) >= 11 is 1.68. The molecule has 1 aromatic heterocycles. The van der Waals surface area contributed by atoms with Crippen LogP contribution >= 0.6 is 11.8 Å². The molecular weight excluding hydrogens is 373 g/mol. The van der Waals surface area contributed by atoms with Crippen LogP contribution in [0.2, 0.25) is 0 Å². The maximum atomic E-state index is 13.4. The van der Waals surface area contributed by atoms with Gasteiger partial charge in [-0.15, -0.1) is 11.8 Å². The minimum Gasteiger partial charge on any atom is -0.317 e. The molecule has 0 atom stereocenters. The Morgan fingerprint density at radius 3 is 2.43 bits per heavy atom. The predicted octanol–water partition coefficient (Wildman–Crippen LogP) is 4.67. The number of hydrogen-bond donors (Lipinski definition) is 1. The first-order chi connectivity index (χ1) is 13.7. The van der Waals surface area contributed by atoms with Crippen molar-refractivity contribution in [2.24, 2.45) is 0 Å². The second kappa shape index (κ2) is 7.86. The first-order valence-corrected chi connectivity index (χ1v) is 10.0. The van der Waals surface area contributed by atoms with Gasteiger partial charge < -0.3 is 5.43 Å². The number of fused-ring (bicyclic) bond motifs is 1. The van der Waals surface area contributed by atoms with Gasteiger partial charge in [0.2, 0.25) is 0 Å². The Morgan fingerprint density at radius 2 is 1.71 bits per heavy atom. The Labute approximate surface area is 166 Å².